The number of likely N-dealkylation sites (tertiary alicyclic amines) is 2. The quantitative estimate of drug-likeness (QED) is 0.589. The molecule has 36 heavy (non-hydrogen) atoms. The number of hydrogen-bond acceptors (Lipinski definition) is 3. The fraction of sp³-hybridized carbons (Fsp3) is 0.536. The molecule has 2 aromatic rings. The molecule has 8 heteroatoms. The van der Waals surface area contributed by atoms with Crippen molar-refractivity contribution in [1.82, 2.24) is 9.80 Å². The molecule has 4 rings (SSSR count). The largest absolute Gasteiger partial charge is 0.384 e. The van der Waals surface area contributed by atoms with Gasteiger partial charge in [-0.15, -0.1) is 12.4 Å². The van der Waals surface area contributed by atoms with Crippen LogP contribution in [0.4, 0.5) is 13.2 Å². The van der Waals surface area contributed by atoms with Crippen LogP contribution in [0.3, 0.4) is 0 Å². The van der Waals surface area contributed by atoms with E-state index in [1.54, 1.807) is 17.0 Å². The van der Waals surface area contributed by atoms with Gasteiger partial charge in [0.1, 0.15) is 17.5 Å². The first-order chi connectivity index (χ1) is 16.3. The van der Waals surface area contributed by atoms with Crippen molar-refractivity contribution >= 4 is 18.3 Å². The van der Waals surface area contributed by atoms with Gasteiger partial charge in [-0.25, -0.2) is 13.2 Å². The van der Waals surface area contributed by atoms with Gasteiger partial charge in [-0.2, -0.15) is 0 Å². The van der Waals surface area contributed by atoms with E-state index in [4.69, 9.17) is 0 Å². The number of halogens is 4. The highest BCUT2D eigenvalue weighted by molar-refractivity contribution is 5.85. The molecule has 5 atom stereocenters. The minimum absolute atomic E-state index is 0. The second-order valence-electron chi connectivity index (χ2n) is 11.3. The summed E-state index contributed by atoms with van der Waals surface area (Å²) in [6.07, 6.45) is 0. The first-order valence-electron chi connectivity index (χ1n) is 12.3. The van der Waals surface area contributed by atoms with Crippen molar-refractivity contribution < 1.29 is 23.1 Å². The summed E-state index contributed by atoms with van der Waals surface area (Å²) in [5.41, 5.74) is -0.625. The van der Waals surface area contributed by atoms with E-state index in [1.807, 2.05) is 13.8 Å². The summed E-state index contributed by atoms with van der Waals surface area (Å²) < 4.78 is 42.3. The van der Waals surface area contributed by atoms with Crippen molar-refractivity contribution in [3.63, 3.8) is 0 Å². The molecule has 0 aliphatic carbocycles. The molecule has 2 heterocycles. The standard InChI is InChI=1S/C28H35F3N2O2.ClH/c1-17-13-32(14-18(2)28(17,35)19-7-6-8-20(29)11-19)26(34)24-16-33(27(3,4)5)15-23(24)22-10-9-21(30)12-25(22)31;/h6-12,17-18,23-24,35H,13-16H2,1-5H3;1H/t17-,18+,23-,24+,28+;/m0./s1. The molecule has 2 aliphatic rings. The highest BCUT2D eigenvalue weighted by atomic mass is 35.5. The number of benzene rings is 2. The third-order valence-corrected chi connectivity index (χ3v) is 8.04. The van der Waals surface area contributed by atoms with Crippen LogP contribution < -0.4 is 0 Å². The van der Waals surface area contributed by atoms with Crippen LogP contribution in [0.25, 0.3) is 0 Å². The van der Waals surface area contributed by atoms with Crippen LogP contribution in [0.1, 0.15) is 51.7 Å². The fourth-order valence-electron chi connectivity index (χ4n) is 5.94. The lowest BCUT2D eigenvalue weighted by molar-refractivity contribution is -0.152. The van der Waals surface area contributed by atoms with Crippen molar-refractivity contribution in [3.05, 3.63) is 71.0 Å². The summed E-state index contributed by atoms with van der Waals surface area (Å²) >= 11 is 0. The van der Waals surface area contributed by atoms with Crippen LogP contribution in [0, 0.1) is 35.2 Å². The number of carbonyl (C=O) groups is 1. The molecule has 0 unspecified atom stereocenters. The molecular formula is C28H36ClF3N2O2. The Morgan fingerprint density at radius 1 is 0.944 bits per heavy atom. The Labute approximate surface area is 217 Å². The van der Waals surface area contributed by atoms with E-state index in [0.29, 0.717) is 37.3 Å². The minimum atomic E-state index is -1.27. The molecule has 0 saturated carbocycles. The smallest absolute Gasteiger partial charge is 0.227 e. The van der Waals surface area contributed by atoms with E-state index in [1.165, 1.54) is 24.3 Å². The SMILES string of the molecule is C[C@@H]1CN(C(=O)[C@@H]2CN(C(C)(C)C)C[C@H]2c2ccc(F)cc2F)C[C@H](C)[C@]1(O)c1cccc(F)c1.Cl. The molecule has 2 saturated heterocycles. The van der Waals surface area contributed by atoms with Crippen molar-refractivity contribution in [2.45, 2.75) is 51.7 Å². The lowest BCUT2D eigenvalue weighted by atomic mass is 9.70. The Balaban J connectivity index is 0.00000361. The number of nitrogens with zero attached hydrogens (tertiary/aromatic N) is 2. The molecule has 0 spiro atoms. The minimum Gasteiger partial charge on any atom is -0.384 e. The zero-order valence-electron chi connectivity index (χ0n) is 21.5. The molecular weight excluding hydrogens is 489 g/mol. The molecule has 0 radical (unpaired) electrons. The number of amides is 1. The van der Waals surface area contributed by atoms with Crippen LogP contribution >= 0.6 is 12.4 Å². The van der Waals surface area contributed by atoms with Crippen molar-refractivity contribution in [3.8, 4) is 0 Å². The zero-order valence-corrected chi connectivity index (χ0v) is 22.3. The van der Waals surface area contributed by atoms with E-state index in [-0.39, 0.29) is 35.7 Å². The topological polar surface area (TPSA) is 43.8 Å². The zero-order chi connectivity index (χ0) is 25.7. The molecule has 1 amide bonds. The summed E-state index contributed by atoms with van der Waals surface area (Å²) in [5.74, 6) is -3.35. The van der Waals surface area contributed by atoms with Crippen LogP contribution in [0.5, 0.6) is 0 Å². The maximum Gasteiger partial charge on any atom is 0.227 e. The highest BCUT2D eigenvalue weighted by Gasteiger charge is 2.50. The van der Waals surface area contributed by atoms with Crippen LogP contribution in [-0.4, -0.2) is 52.5 Å². The van der Waals surface area contributed by atoms with Gasteiger partial charge in [-0.1, -0.05) is 32.0 Å². The second-order valence-corrected chi connectivity index (χ2v) is 11.3. The number of hydrogen-bond donors (Lipinski definition) is 1. The maximum atomic E-state index is 14.8. The van der Waals surface area contributed by atoms with E-state index in [0.717, 1.165) is 6.07 Å². The first kappa shape index (κ1) is 28.5. The van der Waals surface area contributed by atoms with E-state index >= 15 is 0 Å². The predicted octanol–water partition coefficient (Wildman–Crippen LogP) is 5.34. The van der Waals surface area contributed by atoms with Gasteiger partial charge in [0.15, 0.2) is 0 Å². The summed E-state index contributed by atoms with van der Waals surface area (Å²) in [4.78, 5) is 17.8. The van der Waals surface area contributed by atoms with Gasteiger partial charge in [0.2, 0.25) is 5.91 Å². The molecule has 2 fully saturated rings. The van der Waals surface area contributed by atoms with Crippen LogP contribution in [0.15, 0.2) is 42.5 Å². The van der Waals surface area contributed by atoms with E-state index < -0.39 is 34.9 Å². The second kappa shape index (κ2) is 10.3. The summed E-state index contributed by atoms with van der Waals surface area (Å²) in [6, 6.07) is 9.57. The average Bonchev–Trinajstić information content (AvgIpc) is 3.22. The Bertz CT molecular complexity index is 1090. The van der Waals surface area contributed by atoms with Gasteiger partial charge < -0.3 is 10.0 Å². The van der Waals surface area contributed by atoms with E-state index in [9.17, 15) is 23.1 Å². The van der Waals surface area contributed by atoms with Gasteiger partial charge >= 0.3 is 0 Å². The Morgan fingerprint density at radius 3 is 2.11 bits per heavy atom. The number of aliphatic hydroxyl groups is 1. The molecule has 2 aromatic carbocycles. The first-order valence-corrected chi connectivity index (χ1v) is 12.3. The molecule has 0 aromatic heterocycles. The third-order valence-electron chi connectivity index (χ3n) is 8.04. The number of piperidine rings is 1. The average molecular weight is 525 g/mol. The van der Waals surface area contributed by atoms with Crippen LogP contribution in [0.2, 0.25) is 0 Å². The van der Waals surface area contributed by atoms with Crippen molar-refractivity contribution in [1.29, 1.82) is 0 Å². The highest BCUT2D eigenvalue weighted by Crippen LogP contribution is 2.44. The third kappa shape index (κ3) is 5.15. The van der Waals surface area contributed by atoms with Crippen LogP contribution in [-0.2, 0) is 10.4 Å². The number of rotatable bonds is 3. The Kier molecular flexibility index (Phi) is 8.19. The van der Waals surface area contributed by atoms with Gasteiger partial charge in [-0.05, 0) is 50.1 Å². The van der Waals surface area contributed by atoms with Crippen molar-refractivity contribution in [2.24, 2.45) is 17.8 Å². The summed E-state index contributed by atoms with van der Waals surface area (Å²) in [7, 11) is 0. The molecule has 0 bridgehead atoms. The fourth-order valence-corrected chi connectivity index (χ4v) is 5.94. The maximum absolute atomic E-state index is 14.8. The summed E-state index contributed by atoms with van der Waals surface area (Å²) in [5, 5.41) is 11.6. The Hall–Kier alpha value is -2.09. The van der Waals surface area contributed by atoms with E-state index in [2.05, 4.69) is 25.7 Å². The Morgan fingerprint density at radius 2 is 1.56 bits per heavy atom. The summed E-state index contributed by atoms with van der Waals surface area (Å²) in [6.45, 7) is 11.5. The lowest BCUT2D eigenvalue weighted by Crippen LogP contribution is -2.57. The molecule has 4 nitrogen and oxygen atoms in total. The number of carbonyl (C=O) groups excluding carboxylic acids is 1. The molecule has 1 N–H and O–H groups in total. The van der Waals surface area contributed by atoms with Crippen molar-refractivity contribution in [2.75, 3.05) is 26.2 Å². The lowest BCUT2D eigenvalue weighted by Gasteiger charge is -2.48. The normalized spacial score (nSPS) is 29.2. The van der Waals surface area contributed by atoms with Gasteiger partial charge in [0.05, 0.1) is 11.5 Å². The monoisotopic (exact) mass is 524 g/mol. The molecule has 2 aliphatic heterocycles. The van der Waals surface area contributed by atoms with Gasteiger partial charge in [0.25, 0.3) is 0 Å². The predicted molar refractivity (Wildman–Crippen MR) is 136 cm³/mol. The van der Waals surface area contributed by atoms with Gasteiger partial charge in [0, 0.05) is 55.5 Å². The van der Waals surface area contributed by atoms with Gasteiger partial charge in [-0.3, -0.25) is 9.69 Å². The molecule has 198 valence electrons.